The van der Waals surface area contributed by atoms with Crippen LogP contribution in [0.2, 0.25) is 0 Å². The average Bonchev–Trinajstić information content (AvgIpc) is 3.22. The van der Waals surface area contributed by atoms with E-state index in [2.05, 4.69) is 5.32 Å². The Balaban J connectivity index is 2.03. The van der Waals surface area contributed by atoms with Gasteiger partial charge >= 0.3 is 0 Å². The van der Waals surface area contributed by atoms with Gasteiger partial charge in [-0.25, -0.2) is 0 Å². The number of carbonyl (C=O) groups is 2. The molecule has 2 aromatic rings. The molecule has 1 N–H and O–H groups in total. The lowest BCUT2D eigenvalue weighted by Crippen LogP contribution is -2.48. The lowest BCUT2D eigenvalue weighted by atomic mass is 10.2. The molecule has 0 radical (unpaired) electrons. The highest BCUT2D eigenvalue weighted by Gasteiger charge is 2.23. The monoisotopic (exact) mass is 363 g/mol. The van der Waals surface area contributed by atoms with Gasteiger partial charge < -0.3 is 19.5 Å². The van der Waals surface area contributed by atoms with E-state index in [0.29, 0.717) is 18.0 Å². The van der Waals surface area contributed by atoms with Gasteiger partial charge in [-0.3, -0.25) is 9.59 Å². The second-order valence-corrected chi connectivity index (χ2v) is 7.20. The molecule has 2 rings (SSSR count). The Morgan fingerprint density at radius 1 is 1.24 bits per heavy atom. The minimum Gasteiger partial charge on any atom is -0.464 e. The second kappa shape index (κ2) is 8.82. The summed E-state index contributed by atoms with van der Waals surface area (Å²) in [6.07, 6.45) is 0. The SMILES string of the molecule is Cc1ccc(CN(CCN(C)C)C(=O)[C@H](C)NC(=O)c2cccs2)o1. The number of furan rings is 1. The molecule has 2 amide bonds. The van der Waals surface area contributed by atoms with Gasteiger partial charge in [0.25, 0.3) is 5.91 Å². The van der Waals surface area contributed by atoms with Gasteiger partial charge in [0.1, 0.15) is 17.6 Å². The van der Waals surface area contributed by atoms with Gasteiger partial charge in [0.05, 0.1) is 11.4 Å². The molecule has 7 heteroatoms. The van der Waals surface area contributed by atoms with Crippen LogP contribution in [0.3, 0.4) is 0 Å². The molecule has 0 aliphatic rings. The van der Waals surface area contributed by atoms with Gasteiger partial charge in [-0.1, -0.05) is 6.07 Å². The van der Waals surface area contributed by atoms with Crippen molar-refractivity contribution in [2.75, 3.05) is 27.2 Å². The van der Waals surface area contributed by atoms with Gasteiger partial charge in [0, 0.05) is 13.1 Å². The maximum atomic E-state index is 12.8. The molecule has 0 saturated carbocycles. The molecule has 2 aromatic heterocycles. The largest absolute Gasteiger partial charge is 0.464 e. The lowest BCUT2D eigenvalue weighted by Gasteiger charge is -2.26. The Bertz CT molecular complexity index is 694. The van der Waals surface area contributed by atoms with Crippen LogP contribution in [-0.4, -0.2) is 54.8 Å². The first-order valence-corrected chi connectivity index (χ1v) is 9.08. The third kappa shape index (κ3) is 5.72. The number of aryl methyl sites for hydroxylation is 1. The first kappa shape index (κ1) is 19.2. The third-order valence-corrected chi connectivity index (χ3v) is 4.60. The van der Waals surface area contributed by atoms with Gasteiger partial charge in [-0.2, -0.15) is 0 Å². The summed E-state index contributed by atoms with van der Waals surface area (Å²) >= 11 is 1.35. The molecule has 6 nitrogen and oxygen atoms in total. The maximum Gasteiger partial charge on any atom is 0.261 e. The highest BCUT2D eigenvalue weighted by atomic mass is 32.1. The fourth-order valence-corrected chi connectivity index (χ4v) is 2.98. The number of likely N-dealkylation sites (N-methyl/N-ethyl adjacent to an activating group) is 1. The summed E-state index contributed by atoms with van der Waals surface area (Å²) in [6.45, 7) is 5.27. The lowest BCUT2D eigenvalue weighted by molar-refractivity contribution is -0.133. The molecular weight excluding hydrogens is 338 g/mol. The normalized spacial score (nSPS) is 12.2. The number of hydrogen-bond acceptors (Lipinski definition) is 5. The van der Waals surface area contributed by atoms with Crippen molar-refractivity contribution in [2.24, 2.45) is 0 Å². The van der Waals surface area contributed by atoms with Crippen LogP contribution in [-0.2, 0) is 11.3 Å². The van der Waals surface area contributed by atoms with Crippen molar-refractivity contribution in [1.82, 2.24) is 15.1 Å². The summed E-state index contributed by atoms with van der Waals surface area (Å²) in [5.41, 5.74) is 0. The zero-order valence-electron chi connectivity index (χ0n) is 15.1. The van der Waals surface area contributed by atoms with Crippen molar-refractivity contribution in [3.63, 3.8) is 0 Å². The number of nitrogens with one attached hydrogen (secondary N) is 1. The summed E-state index contributed by atoms with van der Waals surface area (Å²) < 4.78 is 5.60. The van der Waals surface area contributed by atoms with Gasteiger partial charge in [-0.15, -0.1) is 11.3 Å². The zero-order chi connectivity index (χ0) is 18.4. The van der Waals surface area contributed by atoms with E-state index in [1.165, 1.54) is 11.3 Å². The van der Waals surface area contributed by atoms with E-state index in [-0.39, 0.29) is 11.8 Å². The molecule has 136 valence electrons. The Labute approximate surface area is 152 Å². The van der Waals surface area contributed by atoms with E-state index >= 15 is 0 Å². The predicted octanol–water partition coefficient (Wildman–Crippen LogP) is 2.36. The van der Waals surface area contributed by atoms with Crippen LogP contribution in [0.15, 0.2) is 34.1 Å². The van der Waals surface area contributed by atoms with Crippen molar-refractivity contribution < 1.29 is 14.0 Å². The standard InChI is InChI=1S/C18H25N3O3S/c1-13-7-8-15(24-13)12-21(10-9-20(3)4)18(23)14(2)19-17(22)16-6-5-11-25-16/h5-8,11,14H,9-10,12H2,1-4H3,(H,19,22)/t14-/m0/s1. The van der Waals surface area contributed by atoms with E-state index in [9.17, 15) is 9.59 Å². The first-order valence-electron chi connectivity index (χ1n) is 8.20. The minimum absolute atomic E-state index is 0.124. The van der Waals surface area contributed by atoms with Gasteiger partial charge in [0.2, 0.25) is 5.91 Å². The summed E-state index contributed by atoms with van der Waals surface area (Å²) in [7, 11) is 3.92. The summed E-state index contributed by atoms with van der Waals surface area (Å²) in [6, 6.07) is 6.71. The van der Waals surface area contributed by atoms with Crippen molar-refractivity contribution in [1.29, 1.82) is 0 Å². The first-order chi connectivity index (χ1) is 11.9. The van der Waals surface area contributed by atoms with E-state index in [4.69, 9.17) is 4.42 Å². The molecule has 0 fully saturated rings. The number of thiophene rings is 1. The average molecular weight is 363 g/mol. The molecular formula is C18H25N3O3S. The fourth-order valence-electron chi connectivity index (χ4n) is 2.36. The zero-order valence-corrected chi connectivity index (χ0v) is 15.9. The van der Waals surface area contributed by atoms with E-state index in [1.54, 1.807) is 17.9 Å². The Morgan fingerprint density at radius 2 is 2.00 bits per heavy atom. The minimum atomic E-state index is -0.604. The van der Waals surface area contributed by atoms with E-state index < -0.39 is 6.04 Å². The van der Waals surface area contributed by atoms with Crippen molar-refractivity contribution >= 4 is 23.2 Å². The fraction of sp³-hybridized carbons (Fsp3) is 0.444. The Hall–Kier alpha value is -2.12. The van der Waals surface area contributed by atoms with Crippen molar-refractivity contribution in [3.05, 3.63) is 46.0 Å². The van der Waals surface area contributed by atoms with E-state index in [0.717, 1.165) is 18.1 Å². The molecule has 25 heavy (non-hydrogen) atoms. The van der Waals surface area contributed by atoms with Crippen molar-refractivity contribution in [2.45, 2.75) is 26.4 Å². The van der Waals surface area contributed by atoms with Crippen LogP contribution in [0.5, 0.6) is 0 Å². The van der Waals surface area contributed by atoms with Crippen molar-refractivity contribution in [3.8, 4) is 0 Å². The topological polar surface area (TPSA) is 65.8 Å². The molecule has 2 heterocycles. The molecule has 0 bridgehead atoms. The number of amides is 2. The number of carbonyl (C=O) groups excluding carboxylic acids is 2. The van der Waals surface area contributed by atoms with Gasteiger partial charge in [0.15, 0.2) is 0 Å². The quantitative estimate of drug-likeness (QED) is 0.782. The highest BCUT2D eigenvalue weighted by Crippen LogP contribution is 2.12. The summed E-state index contributed by atoms with van der Waals surface area (Å²) in [5, 5.41) is 4.61. The van der Waals surface area contributed by atoms with Gasteiger partial charge in [-0.05, 0) is 51.5 Å². The molecule has 0 unspecified atom stereocenters. The number of rotatable bonds is 8. The number of nitrogens with zero attached hydrogens (tertiary/aromatic N) is 2. The van der Waals surface area contributed by atoms with Crippen LogP contribution in [0.25, 0.3) is 0 Å². The second-order valence-electron chi connectivity index (χ2n) is 6.25. The van der Waals surface area contributed by atoms with Crippen LogP contribution in [0.1, 0.15) is 28.1 Å². The smallest absolute Gasteiger partial charge is 0.261 e. The Kier molecular flexibility index (Phi) is 6.78. The molecule has 1 atom stereocenters. The highest BCUT2D eigenvalue weighted by molar-refractivity contribution is 7.12. The third-order valence-electron chi connectivity index (χ3n) is 3.73. The predicted molar refractivity (Wildman–Crippen MR) is 98.7 cm³/mol. The van der Waals surface area contributed by atoms with Crippen LogP contribution >= 0.6 is 11.3 Å². The van der Waals surface area contributed by atoms with E-state index in [1.807, 2.05) is 49.5 Å². The molecule has 0 aliphatic carbocycles. The van der Waals surface area contributed by atoms with Crippen LogP contribution in [0, 0.1) is 6.92 Å². The molecule has 0 aromatic carbocycles. The molecule has 0 spiro atoms. The Morgan fingerprint density at radius 3 is 2.56 bits per heavy atom. The van der Waals surface area contributed by atoms with Crippen LogP contribution < -0.4 is 5.32 Å². The summed E-state index contributed by atoms with van der Waals surface area (Å²) in [5.74, 6) is 1.20. The molecule has 0 aliphatic heterocycles. The van der Waals surface area contributed by atoms with Crippen LogP contribution in [0.4, 0.5) is 0 Å². The maximum absolute atomic E-state index is 12.8. The molecule has 0 saturated heterocycles. The number of hydrogen-bond donors (Lipinski definition) is 1. The summed E-state index contributed by atoms with van der Waals surface area (Å²) in [4.78, 5) is 29.3.